The summed E-state index contributed by atoms with van der Waals surface area (Å²) in [6.45, 7) is 4.91. The maximum atomic E-state index is 13.6. The van der Waals surface area contributed by atoms with Crippen LogP contribution in [0.4, 0.5) is 0 Å². The molecule has 0 saturated carbocycles. The Labute approximate surface area is 198 Å². The Balaban J connectivity index is 1.32. The van der Waals surface area contributed by atoms with Gasteiger partial charge < -0.3 is 9.80 Å². The average Bonchev–Trinajstić information content (AvgIpc) is 3.56. The van der Waals surface area contributed by atoms with Gasteiger partial charge in [0.2, 0.25) is 5.91 Å². The van der Waals surface area contributed by atoms with Crippen molar-refractivity contribution in [1.82, 2.24) is 19.7 Å². The van der Waals surface area contributed by atoms with E-state index in [9.17, 15) is 9.59 Å². The summed E-state index contributed by atoms with van der Waals surface area (Å²) < 4.78 is 0. The van der Waals surface area contributed by atoms with Gasteiger partial charge in [-0.1, -0.05) is 60.7 Å². The number of thiazole rings is 1. The predicted molar refractivity (Wildman–Crippen MR) is 131 cm³/mol. The molecule has 7 heteroatoms. The lowest BCUT2D eigenvalue weighted by molar-refractivity contribution is -0.131. The minimum atomic E-state index is 0.0269. The fourth-order valence-corrected chi connectivity index (χ4v) is 5.53. The topological polar surface area (TPSA) is 56.8 Å². The van der Waals surface area contributed by atoms with E-state index in [1.54, 1.807) is 0 Å². The molecular weight excluding hydrogens is 432 g/mol. The van der Waals surface area contributed by atoms with Gasteiger partial charge in [-0.05, 0) is 12.8 Å². The van der Waals surface area contributed by atoms with Crippen LogP contribution in [0, 0.1) is 0 Å². The normalized spacial score (nSPS) is 16.8. The van der Waals surface area contributed by atoms with E-state index in [2.05, 4.69) is 4.90 Å². The monoisotopic (exact) mass is 460 g/mol. The fourth-order valence-electron chi connectivity index (χ4n) is 4.47. The van der Waals surface area contributed by atoms with Gasteiger partial charge in [0.15, 0.2) is 0 Å². The molecule has 1 aromatic heterocycles. The summed E-state index contributed by atoms with van der Waals surface area (Å²) in [6.07, 6.45) is 2.22. The van der Waals surface area contributed by atoms with Crippen LogP contribution in [-0.2, 0) is 4.79 Å². The van der Waals surface area contributed by atoms with Gasteiger partial charge in [-0.15, -0.1) is 11.3 Å². The van der Waals surface area contributed by atoms with Gasteiger partial charge in [-0.3, -0.25) is 14.5 Å². The van der Waals surface area contributed by atoms with E-state index < -0.39 is 0 Å². The molecule has 0 spiro atoms. The summed E-state index contributed by atoms with van der Waals surface area (Å²) in [5, 5.41) is 0.854. The summed E-state index contributed by atoms with van der Waals surface area (Å²) in [5.41, 5.74) is 2.72. The highest BCUT2D eigenvalue weighted by Crippen LogP contribution is 2.34. The van der Waals surface area contributed by atoms with Crippen molar-refractivity contribution >= 4 is 23.2 Å². The quantitative estimate of drug-likeness (QED) is 0.580. The van der Waals surface area contributed by atoms with Crippen molar-refractivity contribution in [3.63, 3.8) is 0 Å². The molecule has 2 saturated heterocycles. The number of nitrogens with zero attached hydrogens (tertiary/aromatic N) is 4. The van der Waals surface area contributed by atoms with Gasteiger partial charge in [0.1, 0.15) is 9.88 Å². The standard InChI is InChI=1S/C26H28N4O2S/c31-22(29-13-7-8-14-29)19-28-15-17-30(18-16-28)26(32)24-23(20-9-3-1-4-10-20)27-25(33-24)21-11-5-2-6-12-21/h1-6,9-12H,7-8,13-19H2. The van der Waals surface area contributed by atoms with E-state index in [1.807, 2.05) is 70.5 Å². The number of amides is 2. The molecule has 0 atom stereocenters. The summed E-state index contributed by atoms with van der Waals surface area (Å²) in [6, 6.07) is 19.9. The first-order valence-electron chi connectivity index (χ1n) is 11.6. The number of hydrogen-bond acceptors (Lipinski definition) is 5. The number of benzene rings is 2. The Kier molecular flexibility index (Phi) is 6.51. The lowest BCUT2D eigenvalue weighted by Gasteiger charge is -2.34. The molecule has 0 N–H and O–H groups in total. The lowest BCUT2D eigenvalue weighted by Crippen LogP contribution is -2.51. The third kappa shape index (κ3) is 4.84. The van der Waals surface area contributed by atoms with Crippen LogP contribution in [0.25, 0.3) is 21.8 Å². The first kappa shape index (κ1) is 21.8. The second-order valence-electron chi connectivity index (χ2n) is 8.59. The van der Waals surface area contributed by atoms with Gasteiger partial charge in [0, 0.05) is 50.4 Å². The minimum absolute atomic E-state index is 0.0269. The molecule has 2 amide bonds. The number of aromatic nitrogens is 1. The highest BCUT2D eigenvalue weighted by atomic mass is 32.1. The molecule has 6 nitrogen and oxygen atoms in total. The van der Waals surface area contributed by atoms with E-state index >= 15 is 0 Å². The Bertz CT molecular complexity index is 1100. The summed E-state index contributed by atoms with van der Waals surface area (Å²) in [4.78, 5) is 37.7. The zero-order valence-corrected chi connectivity index (χ0v) is 19.5. The highest BCUT2D eigenvalue weighted by molar-refractivity contribution is 7.17. The Hall–Kier alpha value is -3.03. The van der Waals surface area contributed by atoms with Gasteiger partial charge in [-0.25, -0.2) is 4.98 Å². The van der Waals surface area contributed by atoms with Crippen LogP contribution in [0.1, 0.15) is 22.5 Å². The van der Waals surface area contributed by atoms with Crippen LogP contribution >= 0.6 is 11.3 Å². The summed E-state index contributed by atoms with van der Waals surface area (Å²) in [5.74, 6) is 0.243. The molecule has 3 aromatic rings. The number of piperazine rings is 1. The van der Waals surface area contributed by atoms with E-state index in [4.69, 9.17) is 4.98 Å². The zero-order valence-electron chi connectivity index (χ0n) is 18.7. The molecular formula is C26H28N4O2S. The van der Waals surface area contributed by atoms with Crippen LogP contribution in [0.5, 0.6) is 0 Å². The van der Waals surface area contributed by atoms with Crippen LogP contribution in [0.3, 0.4) is 0 Å². The Morgan fingerprint density at radius 3 is 2.00 bits per heavy atom. The summed E-state index contributed by atoms with van der Waals surface area (Å²) >= 11 is 1.46. The molecule has 2 aliphatic heterocycles. The molecule has 0 aliphatic carbocycles. The van der Waals surface area contributed by atoms with E-state index in [0.717, 1.165) is 60.8 Å². The third-order valence-corrected chi connectivity index (χ3v) is 7.46. The second kappa shape index (κ2) is 9.85. The van der Waals surface area contributed by atoms with Crippen molar-refractivity contribution in [2.75, 3.05) is 45.8 Å². The lowest BCUT2D eigenvalue weighted by atomic mass is 10.1. The highest BCUT2D eigenvalue weighted by Gasteiger charge is 2.29. The Morgan fingerprint density at radius 1 is 0.758 bits per heavy atom. The van der Waals surface area contributed by atoms with Crippen LogP contribution in [-0.4, -0.2) is 77.3 Å². The third-order valence-electron chi connectivity index (χ3n) is 6.37. The van der Waals surface area contributed by atoms with Crippen LogP contribution in [0.2, 0.25) is 0 Å². The largest absolute Gasteiger partial charge is 0.342 e. The molecule has 2 aromatic carbocycles. The number of carbonyl (C=O) groups is 2. The molecule has 170 valence electrons. The molecule has 5 rings (SSSR count). The number of carbonyl (C=O) groups excluding carboxylic acids is 2. The van der Waals surface area contributed by atoms with Gasteiger partial charge in [0.25, 0.3) is 5.91 Å². The van der Waals surface area contributed by atoms with Crippen LogP contribution < -0.4 is 0 Å². The maximum absolute atomic E-state index is 13.6. The van der Waals surface area contributed by atoms with Crippen molar-refractivity contribution in [2.45, 2.75) is 12.8 Å². The van der Waals surface area contributed by atoms with Crippen LogP contribution in [0.15, 0.2) is 60.7 Å². The smallest absolute Gasteiger partial charge is 0.266 e. The molecule has 3 heterocycles. The molecule has 2 aliphatic rings. The first-order valence-corrected chi connectivity index (χ1v) is 12.4. The van der Waals surface area contributed by atoms with E-state index in [-0.39, 0.29) is 11.8 Å². The summed E-state index contributed by atoms with van der Waals surface area (Å²) in [7, 11) is 0. The van der Waals surface area contributed by atoms with Gasteiger partial charge in [-0.2, -0.15) is 0 Å². The molecule has 0 bridgehead atoms. The second-order valence-corrected chi connectivity index (χ2v) is 9.58. The fraction of sp³-hybridized carbons (Fsp3) is 0.346. The first-order chi connectivity index (χ1) is 16.2. The minimum Gasteiger partial charge on any atom is -0.342 e. The average molecular weight is 461 g/mol. The zero-order chi connectivity index (χ0) is 22.6. The molecule has 33 heavy (non-hydrogen) atoms. The van der Waals surface area contributed by atoms with Crippen molar-refractivity contribution in [1.29, 1.82) is 0 Å². The molecule has 0 unspecified atom stereocenters. The Morgan fingerprint density at radius 2 is 1.36 bits per heavy atom. The van der Waals surface area contributed by atoms with Crippen molar-refractivity contribution in [2.24, 2.45) is 0 Å². The molecule has 0 radical (unpaired) electrons. The number of hydrogen-bond donors (Lipinski definition) is 0. The van der Waals surface area contributed by atoms with Crippen molar-refractivity contribution in [3.8, 4) is 21.8 Å². The van der Waals surface area contributed by atoms with Crippen molar-refractivity contribution in [3.05, 3.63) is 65.5 Å². The molecule has 2 fully saturated rings. The number of likely N-dealkylation sites (tertiary alicyclic amines) is 1. The van der Waals surface area contributed by atoms with Crippen molar-refractivity contribution < 1.29 is 9.59 Å². The number of rotatable bonds is 5. The SMILES string of the molecule is O=C(CN1CCN(C(=O)c2sc(-c3ccccc3)nc2-c2ccccc2)CC1)N1CCCC1. The van der Waals surface area contributed by atoms with E-state index in [0.29, 0.717) is 24.5 Å². The van der Waals surface area contributed by atoms with E-state index in [1.165, 1.54) is 11.3 Å². The maximum Gasteiger partial charge on any atom is 0.266 e. The van der Waals surface area contributed by atoms with Gasteiger partial charge >= 0.3 is 0 Å². The predicted octanol–water partition coefficient (Wildman–Crippen LogP) is 3.86. The van der Waals surface area contributed by atoms with Gasteiger partial charge in [0.05, 0.1) is 12.2 Å².